The number of hydrogen-bond donors (Lipinski definition) is 1. The van der Waals surface area contributed by atoms with Gasteiger partial charge in [-0.1, -0.05) is 17.7 Å². The third-order valence-electron chi connectivity index (χ3n) is 6.20. The zero-order chi connectivity index (χ0) is 23.8. The van der Waals surface area contributed by atoms with Crippen molar-refractivity contribution in [3.8, 4) is 11.4 Å². The van der Waals surface area contributed by atoms with Crippen LogP contribution < -0.4 is 15.0 Å². The molecule has 1 aliphatic heterocycles. The zero-order valence-electron chi connectivity index (χ0n) is 19.1. The Labute approximate surface area is 209 Å². The maximum atomic E-state index is 6.50. The third kappa shape index (κ3) is 3.81. The van der Waals surface area contributed by atoms with E-state index in [0.717, 1.165) is 34.0 Å². The number of halogens is 1. The molecule has 4 aromatic rings. The molecule has 0 unspecified atom stereocenters. The first-order valence-electron chi connectivity index (χ1n) is 10.9. The first kappa shape index (κ1) is 22.4. The number of aryl methyl sites for hydroxylation is 1. The molecule has 172 valence electrons. The third-order valence-corrected chi connectivity index (χ3v) is 6.81. The molecular weight excluding hydrogens is 466 g/mol. The lowest BCUT2D eigenvalue weighted by molar-refractivity contribution is 0.415. The molecule has 0 bridgehead atoms. The van der Waals surface area contributed by atoms with Crippen molar-refractivity contribution in [3.05, 3.63) is 101 Å². The summed E-state index contributed by atoms with van der Waals surface area (Å²) in [6, 6.07) is 17.6. The van der Waals surface area contributed by atoms with E-state index in [4.69, 9.17) is 28.6 Å². The number of hydrogen-bond acceptors (Lipinski definition) is 4. The van der Waals surface area contributed by atoms with E-state index in [9.17, 15) is 0 Å². The van der Waals surface area contributed by atoms with Gasteiger partial charge in [-0.2, -0.15) is 0 Å². The molecule has 1 aliphatic rings. The molecule has 0 saturated carbocycles. The van der Waals surface area contributed by atoms with Crippen LogP contribution in [0.2, 0.25) is 5.02 Å². The Morgan fingerprint density at radius 2 is 1.88 bits per heavy atom. The quantitative estimate of drug-likeness (QED) is 0.362. The monoisotopic (exact) mass is 489 g/mol. The van der Waals surface area contributed by atoms with Crippen LogP contribution in [0.3, 0.4) is 0 Å². The number of nitrogens with zero attached hydrogens (tertiary/aromatic N) is 4. The maximum Gasteiger partial charge on any atom is 0.174 e. The van der Waals surface area contributed by atoms with Crippen LogP contribution in [-0.4, -0.2) is 26.8 Å². The van der Waals surface area contributed by atoms with Gasteiger partial charge in [-0.25, -0.2) is 0 Å². The highest BCUT2D eigenvalue weighted by Gasteiger charge is 2.42. The topological polar surface area (TPSA) is 55.2 Å². The molecule has 0 amide bonds. The molecule has 0 aliphatic carbocycles. The van der Waals surface area contributed by atoms with Crippen LogP contribution >= 0.6 is 23.8 Å². The SMILES string of the molecule is COc1ccc(N2C(=S)N[C@@H](c3ccccn3)[C@@H]2c2cc(C)n(-c3cccnc3)c2C)cc1Cl. The van der Waals surface area contributed by atoms with Crippen molar-refractivity contribution in [3.63, 3.8) is 0 Å². The number of pyridine rings is 2. The van der Waals surface area contributed by atoms with Gasteiger partial charge in [0.05, 0.1) is 41.8 Å². The summed E-state index contributed by atoms with van der Waals surface area (Å²) >= 11 is 12.4. The molecule has 1 saturated heterocycles. The van der Waals surface area contributed by atoms with Crippen LogP contribution in [0.25, 0.3) is 5.69 Å². The number of rotatable bonds is 5. The summed E-state index contributed by atoms with van der Waals surface area (Å²) in [4.78, 5) is 11.1. The minimum absolute atomic E-state index is 0.136. The Morgan fingerprint density at radius 3 is 2.56 bits per heavy atom. The van der Waals surface area contributed by atoms with Crippen molar-refractivity contribution in [1.29, 1.82) is 0 Å². The predicted octanol–water partition coefficient (Wildman–Crippen LogP) is 5.72. The standard InChI is InChI=1S/C26H24ClN5OS/c1-16-13-20(17(2)31(16)19-7-6-11-28-15-19)25-24(22-8-4-5-12-29-22)30-26(34)32(25)18-9-10-23(33-3)21(27)14-18/h4-15,24-25H,1-3H3,(H,30,34)/t24-,25-/m0/s1. The van der Waals surface area contributed by atoms with Crippen molar-refractivity contribution in [2.45, 2.75) is 25.9 Å². The van der Waals surface area contributed by atoms with Crippen LogP contribution in [0.1, 0.15) is 34.7 Å². The number of ether oxygens (including phenoxy) is 1. The minimum Gasteiger partial charge on any atom is -0.495 e. The van der Waals surface area contributed by atoms with Crippen molar-refractivity contribution in [2.75, 3.05) is 12.0 Å². The van der Waals surface area contributed by atoms with Gasteiger partial charge in [0, 0.05) is 29.5 Å². The predicted molar refractivity (Wildman–Crippen MR) is 139 cm³/mol. The van der Waals surface area contributed by atoms with Crippen LogP contribution in [-0.2, 0) is 0 Å². The number of nitrogens with one attached hydrogen (secondary N) is 1. The second kappa shape index (κ2) is 9.08. The fourth-order valence-corrected chi connectivity index (χ4v) is 5.32. The van der Waals surface area contributed by atoms with E-state index >= 15 is 0 Å². The summed E-state index contributed by atoms with van der Waals surface area (Å²) in [6.07, 6.45) is 5.46. The molecule has 0 radical (unpaired) electrons. The first-order valence-corrected chi connectivity index (χ1v) is 11.7. The maximum absolute atomic E-state index is 6.50. The lowest BCUT2D eigenvalue weighted by atomic mass is 9.96. The summed E-state index contributed by atoms with van der Waals surface area (Å²) in [5.41, 5.74) is 6.21. The Hall–Kier alpha value is -3.42. The van der Waals surface area contributed by atoms with Crippen LogP contribution in [0, 0.1) is 13.8 Å². The van der Waals surface area contributed by atoms with Crippen LogP contribution in [0.15, 0.2) is 73.2 Å². The molecule has 8 heteroatoms. The van der Waals surface area contributed by atoms with Gasteiger partial charge < -0.3 is 19.5 Å². The highest BCUT2D eigenvalue weighted by Crippen LogP contribution is 2.44. The molecule has 3 aromatic heterocycles. The molecule has 2 atom stereocenters. The Bertz CT molecular complexity index is 1340. The fourth-order valence-electron chi connectivity index (χ4n) is 4.72. The number of methoxy groups -OCH3 is 1. The molecular formula is C26H24ClN5OS. The van der Waals surface area contributed by atoms with E-state index in [2.05, 4.69) is 50.7 Å². The molecule has 1 N–H and O–H groups in total. The van der Waals surface area contributed by atoms with E-state index in [0.29, 0.717) is 15.9 Å². The number of thiocarbonyl (C=S) groups is 1. The van der Waals surface area contributed by atoms with E-state index in [1.54, 1.807) is 13.3 Å². The van der Waals surface area contributed by atoms with E-state index < -0.39 is 0 Å². The second-order valence-electron chi connectivity index (χ2n) is 8.19. The first-order chi connectivity index (χ1) is 16.5. The molecule has 5 rings (SSSR count). The molecule has 4 heterocycles. The second-order valence-corrected chi connectivity index (χ2v) is 8.98. The van der Waals surface area contributed by atoms with E-state index in [-0.39, 0.29) is 12.1 Å². The highest BCUT2D eigenvalue weighted by molar-refractivity contribution is 7.80. The molecule has 1 fully saturated rings. The van der Waals surface area contributed by atoms with Gasteiger partial charge >= 0.3 is 0 Å². The van der Waals surface area contributed by atoms with Gasteiger partial charge in [0.2, 0.25) is 0 Å². The molecule has 0 spiro atoms. The van der Waals surface area contributed by atoms with Crippen molar-refractivity contribution in [1.82, 2.24) is 19.9 Å². The average molecular weight is 490 g/mol. The Kier molecular flexibility index (Phi) is 5.98. The van der Waals surface area contributed by atoms with Crippen molar-refractivity contribution >= 4 is 34.6 Å². The summed E-state index contributed by atoms with van der Waals surface area (Å²) in [5.74, 6) is 0.621. The highest BCUT2D eigenvalue weighted by atomic mass is 35.5. The summed E-state index contributed by atoms with van der Waals surface area (Å²) < 4.78 is 7.58. The number of aromatic nitrogens is 3. The van der Waals surface area contributed by atoms with Crippen molar-refractivity contribution < 1.29 is 4.74 Å². The van der Waals surface area contributed by atoms with E-state index in [1.807, 2.05) is 54.9 Å². The smallest absolute Gasteiger partial charge is 0.174 e. The van der Waals surface area contributed by atoms with Crippen LogP contribution in [0.5, 0.6) is 5.75 Å². The normalized spacial score (nSPS) is 17.6. The summed E-state index contributed by atoms with van der Waals surface area (Å²) in [6.45, 7) is 4.24. The van der Waals surface area contributed by atoms with Crippen LogP contribution in [0.4, 0.5) is 5.69 Å². The minimum atomic E-state index is -0.141. The molecule has 1 aromatic carbocycles. The lowest BCUT2D eigenvalue weighted by Crippen LogP contribution is -2.29. The largest absolute Gasteiger partial charge is 0.495 e. The molecule has 34 heavy (non-hydrogen) atoms. The van der Waals surface area contributed by atoms with E-state index in [1.165, 1.54) is 0 Å². The lowest BCUT2D eigenvalue weighted by Gasteiger charge is -2.28. The molecule has 6 nitrogen and oxygen atoms in total. The number of anilines is 1. The fraction of sp³-hybridized carbons (Fsp3) is 0.192. The average Bonchev–Trinajstić information content (AvgIpc) is 3.35. The Balaban J connectivity index is 1.68. The summed E-state index contributed by atoms with van der Waals surface area (Å²) in [5, 5.41) is 4.66. The van der Waals surface area contributed by atoms with Gasteiger partial charge in [0.1, 0.15) is 5.75 Å². The van der Waals surface area contributed by atoms with Gasteiger partial charge in [-0.05, 0) is 80.2 Å². The Morgan fingerprint density at radius 1 is 1.03 bits per heavy atom. The summed E-state index contributed by atoms with van der Waals surface area (Å²) in [7, 11) is 1.61. The number of benzene rings is 1. The van der Waals surface area contributed by atoms with Gasteiger partial charge in [-0.15, -0.1) is 0 Å². The van der Waals surface area contributed by atoms with Gasteiger partial charge in [-0.3, -0.25) is 9.97 Å². The van der Waals surface area contributed by atoms with Crippen molar-refractivity contribution in [2.24, 2.45) is 0 Å². The van der Waals surface area contributed by atoms with Gasteiger partial charge in [0.15, 0.2) is 5.11 Å². The van der Waals surface area contributed by atoms with Gasteiger partial charge in [0.25, 0.3) is 0 Å². The zero-order valence-corrected chi connectivity index (χ0v) is 20.6.